The lowest BCUT2D eigenvalue weighted by Gasteiger charge is -2.25. The highest BCUT2D eigenvalue weighted by Gasteiger charge is 2.17. The third-order valence-electron chi connectivity index (χ3n) is 3.37. The topological polar surface area (TPSA) is 67.6 Å². The van der Waals surface area contributed by atoms with Gasteiger partial charge in [-0.3, -0.25) is 9.69 Å². The fourth-order valence-electron chi connectivity index (χ4n) is 2.28. The Morgan fingerprint density at radius 3 is 2.95 bits per heavy atom. The van der Waals surface area contributed by atoms with Crippen LogP contribution in [0.2, 0.25) is 0 Å². The number of nitrogens with zero attached hydrogens (tertiary/aromatic N) is 2. The number of carbonyl (C=O) groups is 1. The molecule has 1 N–H and O–H groups in total. The van der Waals surface area contributed by atoms with Crippen molar-refractivity contribution in [3.05, 3.63) is 17.5 Å². The fourth-order valence-corrected chi connectivity index (χ4v) is 2.28. The van der Waals surface area contributed by atoms with Gasteiger partial charge in [0.2, 0.25) is 0 Å². The van der Waals surface area contributed by atoms with Crippen LogP contribution in [0.4, 0.5) is 0 Å². The van der Waals surface area contributed by atoms with Crippen LogP contribution in [-0.4, -0.2) is 48.3 Å². The lowest BCUT2D eigenvalue weighted by molar-refractivity contribution is 0.0305. The van der Waals surface area contributed by atoms with E-state index >= 15 is 0 Å². The molecule has 2 rings (SSSR count). The van der Waals surface area contributed by atoms with Gasteiger partial charge < -0.3 is 14.6 Å². The molecular weight excluding hydrogens is 258 g/mol. The van der Waals surface area contributed by atoms with Crippen LogP contribution in [0.5, 0.6) is 0 Å². The Hall–Kier alpha value is -1.40. The predicted molar refractivity (Wildman–Crippen MR) is 74.4 cm³/mol. The average molecular weight is 281 g/mol. The van der Waals surface area contributed by atoms with Gasteiger partial charge in [0.15, 0.2) is 11.5 Å². The highest BCUT2D eigenvalue weighted by Crippen LogP contribution is 2.09. The Morgan fingerprint density at radius 2 is 2.25 bits per heavy atom. The molecule has 1 saturated heterocycles. The molecule has 0 saturated carbocycles. The van der Waals surface area contributed by atoms with Gasteiger partial charge in [0, 0.05) is 25.2 Å². The van der Waals surface area contributed by atoms with Gasteiger partial charge in [-0.25, -0.2) is 0 Å². The molecule has 1 fully saturated rings. The largest absolute Gasteiger partial charge is 0.379 e. The molecule has 1 atom stereocenters. The number of carbonyl (C=O) groups excluding carboxylic acids is 1. The van der Waals surface area contributed by atoms with Gasteiger partial charge in [0.1, 0.15) is 0 Å². The lowest BCUT2D eigenvalue weighted by atomic mass is 10.2. The number of morpholine rings is 1. The van der Waals surface area contributed by atoms with E-state index in [2.05, 4.69) is 22.3 Å². The van der Waals surface area contributed by atoms with Crippen molar-refractivity contribution < 1.29 is 14.1 Å². The standard InChI is InChI=1S/C14H23N3O3/c1-3-4-11(2)15-14(18)13-9-12(20-16-13)10-17-5-7-19-8-6-17/h9,11H,3-8,10H2,1-2H3,(H,15,18). The monoisotopic (exact) mass is 281 g/mol. The van der Waals surface area contributed by atoms with Crippen molar-refractivity contribution in [2.24, 2.45) is 0 Å². The molecule has 1 unspecified atom stereocenters. The maximum atomic E-state index is 12.0. The van der Waals surface area contributed by atoms with E-state index in [1.165, 1.54) is 0 Å². The third-order valence-corrected chi connectivity index (χ3v) is 3.37. The minimum Gasteiger partial charge on any atom is -0.379 e. The van der Waals surface area contributed by atoms with Crippen molar-refractivity contribution in [1.82, 2.24) is 15.4 Å². The van der Waals surface area contributed by atoms with Crippen LogP contribution in [0, 0.1) is 0 Å². The van der Waals surface area contributed by atoms with E-state index in [1.807, 2.05) is 6.92 Å². The van der Waals surface area contributed by atoms with E-state index < -0.39 is 0 Å². The molecule has 2 heterocycles. The summed E-state index contributed by atoms with van der Waals surface area (Å²) in [6.07, 6.45) is 2.01. The van der Waals surface area contributed by atoms with Gasteiger partial charge in [-0.15, -0.1) is 0 Å². The Balaban J connectivity index is 1.86. The predicted octanol–water partition coefficient (Wildman–Crippen LogP) is 1.43. The summed E-state index contributed by atoms with van der Waals surface area (Å²) in [4.78, 5) is 14.2. The molecule has 0 bridgehead atoms. The smallest absolute Gasteiger partial charge is 0.273 e. The Kier molecular flexibility index (Phi) is 5.55. The molecule has 0 aromatic carbocycles. The number of ether oxygens (including phenoxy) is 1. The summed E-state index contributed by atoms with van der Waals surface area (Å²) in [5, 5.41) is 6.77. The molecule has 20 heavy (non-hydrogen) atoms. The molecule has 112 valence electrons. The lowest BCUT2D eigenvalue weighted by Crippen LogP contribution is -2.35. The Labute approximate surface area is 119 Å². The quantitative estimate of drug-likeness (QED) is 0.854. The van der Waals surface area contributed by atoms with E-state index in [-0.39, 0.29) is 11.9 Å². The number of nitrogens with one attached hydrogen (secondary N) is 1. The van der Waals surface area contributed by atoms with Gasteiger partial charge in [-0.2, -0.15) is 0 Å². The van der Waals surface area contributed by atoms with Crippen molar-refractivity contribution in [1.29, 1.82) is 0 Å². The molecule has 0 radical (unpaired) electrons. The summed E-state index contributed by atoms with van der Waals surface area (Å²) in [6, 6.07) is 1.88. The molecular formula is C14H23N3O3. The number of aromatic nitrogens is 1. The van der Waals surface area contributed by atoms with E-state index in [9.17, 15) is 4.79 Å². The second-order valence-electron chi connectivity index (χ2n) is 5.23. The molecule has 1 amide bonds. The number of amides is 1. The van der Waals surface area contributed by atoms with E-state index in [4.69, 9.17) is 9.26 Å². The molecule has 1 aromatic heterocycles. The van der Waals surface area contributed by atoms with Crippen LogP contribution in [0.15, 0.2) is 10.6 Å². The van der Waals surface area contributed by atoms with Crippen molar-refractivity contribution in [3.8, 4) is 0 Å². The van der Waals surface area contributed by atoms with Crippen molar-refractivity contribution in [2.75, 3.05) is 26.3 Å². The molecule has 1 aromatic rings. The van der Waals surface area contributed by atoms with Crippen LogP contribution in [0.25, 0.3) is 0 Å². The molecule has 1 aliphatic rings. The Bertz CT molecular complexity index is 427. The summed E-state index contributed by atoms with van der Waals surface area (Å²) in [5.41, 5.74) is 0.358. The van der Waals surface area contributed by atoms with Crippen LogP contribution < -0.4 is 5.32 Å². The first-order valence-corrected chi connectivity index (χ1v) is 7.25. The van der Waals surface area contributed by atoms with Crippen molar-refractivity contribution in [2.45, 2.75) is 39.3 Å². The summed E-state index contributed by atoms with van der Waals surface area (Å²) >= 11 is 0. The van der Waals surface area contributed by atoms with E-state index in [0.29, 0.717) is 12.2 Å². The van der Waals surface area contributed by atoms with Crippen LogP contribution >= 0.6 is 0 Å². The number of hydrogen-bond acceptors (Lipinski definition) is 5. The molecule has 6 heteroatoms. The summed E-state index contributed by atoms with van der Waals surface area (Å²) in [5.74, 6) is 0.558. The second-order valence-corrected chi connectivity index (χ2v) is 5.23. The zero-order chi connectivity index (χ0) is 14.4. The summed E-state index contributed by atoms with van der Waals surface area (Å²) in [7, 11) is 0. The van der Waals surface area contributed by atoms with Crippen LogP contribution in [-0.2, 0) is 11.3 Å². The fraction of sp³-hybridized carbons (Fsp3) is 0.714. The SMILES string of the molecule is CCCC(C)NC(=O)c1cc(CN2CCOCC2)on1. The van der Waals surface area contributed by atoms with Crippen molar-refractivity contribution >= 4 is 5.91 Å². The minimum absolute atomic E-state index is 0.159. The average Bonchev–Trinajstić information content (AvgIpc) is 2.89. The van der Waals surface area contributed by atoms with Crippen molar-refractivity contribution in [3.63, 3.8) is 0 Å². The van der Waals surface area contributed by atoms with Gasteiger partial charge in [0.25, 0.3) is 5.91 Å². The Morgan fingerprint density at radius 1 is 1.50 bits per heavy atom. The highest BCUT2D eigenvalue weighted by molar-refractivity contribution is 5.92. The number of rotatable bonds is 6. The number of hydrogen-bond donors (Lipinski definition) is 1. The van der Waals surface area contributed by atoms with Gasteiger partial charge >= 0.3 is 0 Å². The normalized spacial score (nSPS) is 17.9. The highest BCUT2D eigenvalue weighted by atomic mass is 16.5. The second kappa shape index (κ2) is 7.40. The maximum Gasteiger partial charge on any atom is 0.273 e. The first kappa shape index (κ1) is 15.0. The van der Waals surface area contributed by atoms with Crippen LogP contribution in [0.1, 0.15) is 42.9 Å². The zero-order valence-electron chi connectivity index (χ0n) is 12.2. The van der Waals surface area contributed by atoms with E-state index in [0.717, 1.165) is 44.9 Å². The van der Waals surface area contributed by atoms with Crippen LogP contribution in [0.3, 0.4) is 0 Å². The first-order chi connectivity index (χ1) is 9.69. The first-order valence-electron chi connectivity index (χ1n) is 7.25. The summed E-state index contributed by atoms with van der Waals surface area (Å²) in [6.45, 7) is 8.03. The van der Waals surface area contributed by atoms with Gasteiger partial charge in [0.05, 0.1) is 19.8 Å². The van der Waals surface area contributed by atoms with Gasteiger partial charge in [-0.05, 0) is 13.3 Å². The molecule has 6 nitrogen and oxygen atoms in total. The van der Waals surface area contributed by atoms with E-state index in [1.54, 1.807) is 6.07 Å². The summed E-state index contributed by atoms with van der Waals surface area (Å²) < 4.78 is 10.5. The minimum atomic E-state index is -0.164. The van der Waals surface area contributed by atoms with Gasteiger partial charge in [-0.1, -0.05) is 18.5 Å². The molecule has 1 aliphatic heterocycles. The third kappa shape index (κ3) is 4.31. The molecule has 0 aliphatic carbocycles. The zero-order valence-corrected chi connectivity index (χ0v) is 12.2. The molecule has 0 spiro atoms. The maximum absolute atomic E-state index is 12.0.